The highest BCUT2D eigenvalue weighted by Crippen LogP contribution is 2.35. The van der Waals surface area contributed by atoms with E-state index in [0.29, 0.717) is 17.9 Å². The SMILES string of the molecule is Cc1cc(OCC(=O)NCCCN(C)C)c2c3c(c(=O)oc2c1)CCC3. The number of nitrogens with one attached hydrogen (secondary N) is 1. The van der Waals surface area contributed by atoms with E-state index in [0.717, 1.165) is 54.3 Å². The molecule has 0 radical (unpaired) electrons. The zero-order valence-corrected chi connectivity index (χ0v) is 15.7. The van der Waals surface area contributed by atoms with Crippen LogP contribution in [0.3, 0.4) is 0 Å². The standard InChI is InChI=1S/C20H26N2O4/c1-13-10-16(25-12-18(23)21-8-5-9-22(2)3)19-14-6-4-7-15(14)20(24)26-17(19)11-13/h10-11H,4-9,12H2,1-3H3,(H,21,23). The molecule has 140 valence electrons. The van der Waals surface area contributed by atoms with Crippen molar-refractivity contribution >= 4 is 16.9 Å². The van der Waals surface area contributed by atoms with Gasteiger partial charge in [0.25, 0.3) is 5.91 Å². The number of aryl methyl sites for hydroxylation is 2. The van der Waals surface area contributed by atoms with E-state index in [1.165, 1.54) is 0 Å². The van der Waals surface area contributed by atoms with Gasteiger partial charge in [0.1, 0.15) is 11.3 Å². The van der Waals surface area contributed by atoms with Crippen molar-refractivity contribution < 1.29 is 13.9 Å². The number of hydrogen-bond donors (Lipinski definition) is 1. The lowest BCUT2D eigenvalue weighted by atomic mass is 10.0. The van der Waals surface area contributed by atoms with Gasteiger partial charge < -0.3 is 19.4 Å². The first kappa shape index (κ1) is 18.5. The highest BCUT2D eigenvalue weighted by molar-refractivity contribution is 5.89. The number of benzene rings is 1. The summed E-state index contributed by atoms with van der Waals surface area (Å²) in [6.45, 7) is 3.42. The third-order valence-electron chi connectivity index (χ3n) is 4.64. The molecule has 0 saturated heterocycles. The lowest BCUT2D eigenvalue weighted by Crippen LogP contribution is -2.31. The topological polar surface area (TPSA) is 71.8 Å². The van der Waals surface area contributed by atoms with Crippen molar-refractivity contribution in [1.82, 2.24) is 10.2 Å². The predicted molar refractivity (Wildman–Crippen MR) is 101 cm³/mol. The summed E-state index contributed by atoms with van der Waals surface area (Å²) < 4.78 is 11.3. The molecule has 2 aromatic rings. The predicted octanol–water partition coefficient (Wildman–Crippen LogP) is 2.04. The van der Waals surface area contributed by atoms with Crippen molar-refractivity contribution in [3.05, 3.63) is 39.2 Å². The summed E-state index contributed by atoms with van der Waals surface area (Å²) >= 11 is 0. The number of carbonyl (C=O) groups excluding carboxylic acids is 1. The number of nitrogens with zero attached hydrogens (tertiary/aromatic N) is 1. The second kappa shape index (κ2) is 7.91. The van der Waals surface area contributed by atoms with Crippen LogP contribution in [0, 0.1) is 6.92 Å². The van der Waals surface area contributed by atoms with Crippen LogP contribution in [0.4, 0.5) is 0 Å². The normalized spacial score (nSPS) is 13.2. The van der Waals surface area contributed by atoms with Gasteiger partial charge in [0.15, 0.2) is 6.61 Å². The fourth-order valence-corrected chi connectivity index (χ4v) is 3.44. The van der Waals surface area contributed by atoms with E-state index in [2.05, 4.69) is 10.2 Å². The molecule has 0 saturated carbocycles. The number of hydrogen-bond acceptors (Lipinski definition) is 5. The molecule has 1 N–H and O–H groups in total. The number of rotatable bonds is 7. The zero-order valence-electron chi connectivity index (χ0n) is 15.7. The van der Waals surface area contributed by atoms with Gasteiger partial charge in [0.05, 0.1) is 5.39 Å². The van der Waals surface area contributed by atoms with Crippen molar-refractivity contribution in [1.29, 1.82) is 0 Å². The molecule has 1 heterocycles. The van der Waals surface area contributed by atoms with E-state index < -0.39 is 0 Å². The van der Waals surface area contributed by atoms with Crippen LogP contribution in [0.25, 0.3) is 11.0 Å². The molecule has 1 aliphatic carbocycles. The van der Waals surface area contributed by atoms with Gasteiger partial charge in [-0.1, -0.05) is 0 Å². The maximum Gasteiger partial charge on any atom is 0.339 e. The molecular weight excluding hydrogens is 332 g/mol. The fourth-order valence-electron chi connectivity index (χ4n) is 3.44. The van der Waals surface area contributed by atoms with Gasteiger partial charge in [0, 0.05) is 12.1 Å². The zero-order chi connectivity index (χ0) is 18.7. The van der Waals surface area contributed by atoms with Crippen LogP contribution in [0.1, 0.15) is 29.5 Å². The van der Waals surface area contributed by atoms with Gasteiger partial charge in [-0.05, 0) is 76.5 Å². The van der Waals surface area contributed by atoms with E-state index in [4.69, 9.17) is 9.15 Å². The first-order chi connectivity index (χ1) is 12.5. The number of ether oxygens (including phenoxy) is 1. The Bertz CT molecular complexity index is 870. The summed E-state index contributed by atoms with van der Waals surface area (Å²) in [6, 6.07) is 3.75. The van der Waals surface area contributed by atoms with Gasteiger partial charge in [-0.2, -0.15) is 0 Å². The van der Waals surface area contributed by atoms with Crippen LogP contribution in [0.5, 0.6) is 5.75 Å². The van der Waals surface area contributed by atoms with Gasteiger partial charge in [-0.25, -0.2) is 4.79 Å². The van der Waals surface area contributed by atoms with E-state index >= 15 is 0 Å². The first-order valence-corrected chi connectivity index (χ1v) is 9.09. The van der Waals surface area contributed by atoms with Crippen LogP contribution >= 0.6 is 0 Å². The Morgan fingerprint density at radius 2 is 2.04 bits per heavy atom. The Balaban J connectivity index is 1.75. The molecule has 0 bridgehead atoms. The molecule has 26 heavy (non-hydrogen) atoms. The van der Waals surface area contributed by atoms with Crippen molar-refractivity contribution in [2.24, 2.45) is 0 Å². The summed E-state index contributed by atoms with van der Waals surface area (Å²) in [6.07, 6.45) is 3.42. The quantitative estimate of drug-likeness (QED) is 0.606. The van der Waals surface area contributed by atoms with E-state index in [1.54, 1.807) is 0 Å². The van der Waals surface area contributed by atoms with E-state index in [9.17, 15) is 9.59 Å². The third-order valence-corrected chi connectivity index (χ3v) is 4.64. The van der Waals surface area contributed by atoms with E-state index in [1.807, 2.05) is 33.2 Å². The molecule has 1 amide bonds. The Labute approximate surface area is 153 Å². The monoisotopic (exact) mass is 358 g/mol. The molecule has 0 atom stereocenters. The van der Waals surface area contributed by atoms with Crippen LogP contribution in [-0.2, 0) is 17.6 Å². The first-order valence-electron chi connectivity index (χ1n) is 9.09. The van der Waals surface area contributed by atoms with E-state index in [-0.39, 0.29) is 18.1 Å². The van der Waals surface area contributed by atoms with Crippen LogP contribution in [-0.4, -0.2) is 44.6 Å². The summed E-state index contributed by atoms with van der Waals surface area (Å²) in [5.74, 6) is 0.470. The Morgan fingerprint density at radius 3 is 2.81 bits per heavy atom. The van der Waals surface area contributed by atoms with Crippen molar-refractivity contribution in [2.75, 3.05) is 33.8 Å². The highest BCUT2D eigenvalue weighted by atomic mass is 16.5. The molecule has 0 unspecified atom stereocenters. The second-order valence-corrected chi connectivity index (χ2v) is 7.13. The molecule has 0 fully saturated rings. The molecule has 1 aromatic carbocycles. The number of amides is 1. The van der Waals surface area contributed by atoms with Crippen LogP contribution in [0.15, 0.2) is 21.3 Å². The van der Waals surface area contributed by atoms with Crippen molar-refractivity contribution in [3.8, 4) is 5.75 Å². The molecule has 0 spiro atoms. The van der Waals surface area contributed by atoms with Gasteiger partial charge in [0.2, 0.25) is 0 Å². The number of fused-ring (bicyclic) bond motifs is 3. The minimum atomic E-state index is -0.250. The summed E-state index contributed by atoms with van der Waals surface area (Å²) in [5.41, 5.74) is 2.98. The maximum absolute atomic E-state index is 12.1. The fraction of sp³-hybridized carbons (Fsp3) is 0.500. The Hall–Kier alpha value is -2.34. The Kier molecular flexibility index (Phi) is 5.61. The largest absolute Gasteiger partial charge is 0.483 e. The minimum absolute atomic E-state index is 0.0472. The van der Waals surface area contributed by atoms with Gasteiger partial charge in [-0.15, -0.1) is 0 Å². The summed E-state index contributed by atoms with van der Waals surface area (Å²) in [5, 5.41) is 3.70. The molecule has 6 heteroatoms. The Morgan fingerprint density at radius 1 is 1.27 bits per heavy atom. The molecule has 1 aliphatic rings. The third kappa shape index (κ3) is 4.07. The van der Waals surface area contributed by atoms with Crippen molar-refractivity contribution in [3.63, 3.8) is 0 Å². The van der Waals surface area contributed by atoms with Crippen LogP contribution < -0.4 is 15.7 Å². The van der Waals surface area contributed by atoms with Gasteiger partial charge in [-0.3, -0.25) is 4.79 Å². The molecule has 6 nitrogen and oxygen atoms in total. The molecular formula is C20H26N2O4. The average molecular weight is 358 g/mol. The summed E-state index contributed by atoms with van der Waals surface area (Å²) in [7, 11) is 4.01. The highest BCUT2D eigenvalue weighted by Gasteiger charge is 2.22. The van der Waals surface area contributed by atoms with Crippen molar-refractivity contribution in [2.45, 2.75) is 32.6 Å². The van der Waals surface area contributed by atoms with Crippen LogP contribution in [0.2, 0.25) is 0 Å². The lowest BCUT2D eigenvalue weighted by molar-refractivity contribution is -0.123. The molecule has 3 rings (SSSR count). The second-order valence-electron chi connectivity index (χ2n) is 7.13. The maximum atomic E-state index is 12.1. The smallest absolute Gasteiger partial charge is 0.339 e. The molecule has 0 aliphatic heterocycles. The lowest BCUT2D eigenvalue weighted by Gasteiger charge is -2.13. The summed E-state index contributed by atoms with van der Waals surface area (Å²) in [4.78, 5) is 26.3. The average Bonchev–Trinajstić information content (AvgIpc) is 3.06. The molecule has 1 aromatic heterocycles. The van der Waals surface area contributed by atoms with Gasteiger partial charge >= 0.3 is 5.63 Å². The number of carbonyl (C=O) groups is 1. The minimum Gasteiger partial charge on any atom is -0.483 e.